The molecule has 8 heteroatoms. The summed E-state index contributed by atoms with van der Waals surface area (Å²) in [6.07, 6.45) is 2.84. The second-order valence-corrected chi connectivity index (χ2v) is 6.59. The van der Waals surface area contributed by atoms with Crippen molar-refractivity contribution in [1.29, 1.82) is 0 Å². The van der Waals surface area contributed by atoms with Crippen molar-refractivity contribution in [3.05, 3.63) is 35.8 Å². The van der Waals surface area contributed by atoms with Gasteiger partial charge in [-0.25, -0.2) is 4.39 Å². The summed E-state index contributed by atoms with van der Waals surface area (Å²) in [6.45, 7) is 12.5. The van der Waals surface area contributed by atoms with Crippen molar-refractivity contribution in [3.63, 3.8) is 0 Å². The number of halogens is 1. The molecule has 0 aliphatic carbocycles. The van der Waals surface area contributed by atoms with E-state index in [4.69, 9.17) is 0 Å². The Bertz CT molecular complexity index is 620. The molecular weight excluding hydrogens is 351 g/mol. The third kappa shape index (κ3) is 11.7. The van der Waals surface area contributed by atoms with Gasteiger partial charge in [-0.3, -0.25) is 14.6 Å². The first-order valence-electron chi connectivity index (χ1n) is 8.73. The topological polar surface area (TPSA) is 103 Å². The van der Waals surface area contributed by atoms with Crippen LogP contribution in [0.4, 0.5) is 4.39 Å². The van der Waals surface area contributed by atoms with E-state index in [0.29, 0.717) is 18.2 Å². The van der Waals surface area contributed by atoms with Crippen LogP contribution in [0.3, 0.4) is 0 Å². The van der Waals surface area contributed by atoms with Crippen molar-refractivity contribution < 1.29 is 19.1 Å². The van der Waals surface area contributed by atoms with E-state index >= 15 is 0 Å². The summed E-state index contributed by atoms with van der Waals surface area (Å²) < 4.78 is 12.7. The average molecular weight is 382 g/mol. The third-order valence-electron chi connectivity index (χ3n) is 3.20. The van der Waals surface area contributed by atoms with Crippen LogP contribution < -0.4 is 16.0 Å². The molecule has 0 saturated heterocycles. The standard InChI is InChI=1S/C19H31FN4O3/c1-12(2)9-21-15(5)18(23-16(6)26)24-17(11-25)19(27)22-10-13(3)7-8-14(4)20/h7-8,12,17,21,25H,5,9-11H2,1-4,6H3,(H,22,27)(H,23,24,26)/b13-7+,14-8+. The summed E-state index contributed by atoms with van der Waals surface area (Å²) in [6, 6.07) is -1.12. The van der Waals surface area contributed by atoms with Crippen LogP contribution in [0.1, 0.15) is 34.6 Å². The van der Waals surface area contributed by atoms with E-state index in [1.54, 1.807) is 13.0 Å². The van der Waals surface area contributed by atoms with Crippen LogP contribution in [0.25, 0.3) is 0 Å². The number of hydrogen-bond donors (Lipinski definition) is 4. The van der Waals surface area contributed by atoms with Gasteiger partial charge < -0.3 is 21.1 Å². The first-order valence-corrected chi connectivity index (χ1v) is 8.73. The fourth-order valence-electron chi connectivity index (χ4n) is 1.76. The maximum Gasteiger partial charge on any atom is 0.247 e. The molecule has 0 spiro atoms. The predicted octanol–water partition coefficient (Wildman–Crippen LogP) is 1.58. The zero-order valence-electron chi connectivity index (χ0n) is 16.7. The Morgan fingerprint density at radius 2 is 1.81 bits per heavy atom. The van der Waals surface area contributed by atoms with Gasteiger partial charge in [0.25, 0.3) is 0 Å². The number of aliphatic hydroxyl groups is 1. The zero-order valence-corrected chi connectivity index (χ0v) is 16.7. The fourth-order valence-corrected chi connectivity index (χ4v) is 1.76. The van der Waals surface area contributed by atoms with E-state index < -0.39 is 18.6 Å². The maximum atomic E-state index is 12.7. The first kappa shape index (κ1) is 24.5. The molecule has 27 heavy (non-hydrogen) atoms. The van der Waals surface area contributed by atoms with E-state index in [-0.39, 0.29) is 24.1 Å². The SMILES string of the molecule is C=C(NCC(C)C)C(=NC(CO)C(=O)NC/C(C)=C/C=C(\C)F)NC(C)=O. The van der Waals surface area contributed by atoms with Crippen molar-refractivity contribution in [3.8, 4) is 0 Å². The number of aliphatic hydroxyl groups excluding tert-OH is 1. The molecule has 0 aromatic heterocycles. The van der Waals surface area contributed by atoms with Crippen LogP contribution >= 0.6 is 0 Å². The van der Waals surface area contributed by atoms with Crippen molar-refractivity contribution in [2.24, 2.45) is 10.9 Å². The maximum absolute atomic E-state index is 12.7. The van der Waals surface area contributed by atoms with Gasteiger partial charge in [0.15, 0.2) is 11.9 Å². The van der Waals surface area contributed by atoms with Gasteiger partial charge in [0.2, 0.25) is 11.8 Å². The number of rotatable bonds is 10. The predicted molar refractivity (Wildman–Crippen MR) is 106 cm³/mol. The van der Waals surface area contributed by atoms with Crippen LogP contribution in [0, 0.1) is 5.92 Å². The quantitative estimate of drug-likeness (QED) is 0.262. The van der Waals surface area contributed by atoms with Crippen molar-refractivity contribution in [1.82, 2.24) is 16.0 Å². The number of nitrogens with zero attached hydrogens (tertiary/aromatic N) is 1. The molecule has 7 nitrogen and oxygen atoms in total. The molecule has 0 aromatic carbocycles. The molecule has 0 saturated carbocycles. The highest BCUT2D eigenvalue weighted by molar-refractivity contribution is 6.07. The number of aliphatic imine (C=N–C) groups is 1. The van der Waals surface area contributed by atoms with E-state index in [9.17, 15) is 19.1 Å². The minimum atomic E-state index is -1.12. The smallest absolute Gasteiger partial charge is 0.247 e. The summed E-state index contributed by atoms with van der Waals surface area (Å²) in [4.78, 5) is 27.8. The Labute approximate surface area is 160 Å². The Kier molecular flexibility index (Phi) is 11.6. The van der Waals surface area contributed by atoms with Crippen LogP contribution in [0.2, 0.25) is 0 Å². The van der Waals surface area contributed by atoms with Gasteiger partial charge >= 0.3 is 0 Å². The Balaban J connectivity index is 5.16. The summed E-state index contributed by atoms with van der Waals surface area (Å²) in [7, 11) is 0. The largest absolute Gasteiger partial charge is 0.394 e. The van der Waals surface area contributed by atoms with Crippen molar-refractivity contribution in [2.75, 3.05) is 19.7 Å². The molecule has 1 atom stereocenters. The number of amides is 2. The molecule has 0 aliphatic heterocycles. The van der Waals surface area contributed by atoms with Crippen molar-refractivity contribution >= 4 is 17.6 Å². The lowest BCUT2D eigenvalue weighted by atomic mass is 10.2. The van der Waals surface area contributed by atoms with E-state index in [1.807, 2.05) is 13.8 Å². The normalized spacial score (nSPS) is 14.0. The summed E-state index contributed by atoms with van der Waals surface area (Å²) in [5, 5.41) is 17.7. The van der Waals surface area contributed by atoms with Gasteiger partial charge in [-0.1, -0.05) is 32.1 Å². The molecule has 0 bridgehead atoms. The molecule has 0 aliphatic rings. The molecule has 0 fully saturated rings. The van der Waals surface area contributed by atoms with Gasteiger partial charge in [0, 0.05) is 20.0 Å². The number of nitrogens with one attached hydrogen (secondary N) is 3. The number of carbonyl (C=O) groups is 2. The Morgan fingerprint density at radius 3 is 2.30 bits per heavy atom. The number of hydrogen-bond acceptors (Lipinski definition) is 5. The van der Waals surface area contributed by atoms with Gasteiger partial charge in [-0.2, -0.15) is 0 Å². The number of amidine groups is 1. The molecule has 2 amide bonds. The molecule has 0 aromatic rings. The lowest BCUT2D eigenvalue weighted by molar-refractivity contribution is -0.123. The van der Waals surface area contributed by atoms with E-state index in [2.05, 4.69) is 27.5 Å². The van der Waals surface area contributed by atoms with Crippen LogP contribution in [0.5, 0.6) is 0 Å². The lowest BCUT2D eigenvalue weighted by Gasteiger charge is -2.17. The van der Waals surface area contributed by atoms with Crippen LogP contribution in [-0.4, -0.2) is 48.5 Å². The highest BCUT2D eigenvalue weighted by Crippen LogP contribution is 2.00. The zero-order chi connectivity index (χ0) is 21.0. The molecule has 152 valence electrons. The summed E-state index contributed by atoms with van der Waals surface area (Å²) in [5.41, 5.74) is 1.08. The average Bonchev–Trinajstić information content (AvgIpc) is 2.58. The molecule has 0 heterocycles. The van der Waals surface area contributed by atoms with Gasteiger partial charge in [0.05, 0.1) is 18.1 Å². The molecular formula is C19H31FN4O3. The number of allylic oxidation sites excluding steroid dienone is 3. The summed E-state index contributed by atoms with van der Waals surface area (Å²) in [5.74, 6) is -0.795. The summed E-state index contributed by atoms with van der Waals surface area (Å²) >= 11 is 0. The second-order valence-electron chi connectivity index (χ2n) is 6.59. The lowest BCUT2D eigenvalue weighted by Crippen LogP contribution is -2.41. The van der Waals surface area contributed by atoms with Gasteiger partial charge in [-0.15, -0.1) is 0 Å². The number of carbonyl (C=O) groups excluding carboxylic acids is 2. The van der Waals surface area contributed by atoms with Crippen LogP contribution in [0.15, 0.2) is 40.8 Å². The second kappa shape index (κ2) is 12.8. The monoisotopic (exact) mass is 382 g/mol. The minimum Gasteiger partial charge on any atom is -0.394 e. The molecule has 4 N–H and O–H groups in total. The highest BCUT2D eigenvalue weighted by atomic mass is 19.1. The third-order valence-corrected chi connectivity index (χ3v) is 3.20. The minimum absolute atomic E-state index is 0.0978. The molecule has 0 radical (unpaired) electrons. The molecule has 0 rings (SSSR count). The highest BCUT2D eigenvalue weighted by Gasteiger charge is 2.19. The van der Waals surface area contributed by atoms with E-state index in [0.717, 1.165) is 5.57 Å². The van der Waals surface area contributed by atoms with Crippen LogP contribution in [-0.2, 0) is 9.59 Å². The fraction of sp³-hybridized carbons (Fsp3) is 0.526. The molecule has 1 unspecified atom stereocenters. The van der Waals surface area contributed by atoms with Crippen molar-refractivity contribution in [2.45, 2.75) is 40.7 Å². The first-order chi connectivity index (χ1) is 12.6. The van der Waals surface area contributed by atoms with E-state index in [1.165, 1.54) is 19.9 Å². The Hall–Kier alpha value is -2.48. The van der Waals surface area contributed by atoms with Gasteiger partial charge in [-0.05, 0) is 25.8 Å². The van der Waals surface area contributed by atoms with Gasteiger partial charge in [0.1, 0.15) is 0 Å². The Morgan fingerprint density at radius 1 is 1.19 bits per heavy atom.